The lowest BCUT2D eigenvalue weighted by Crippen LogP contribution is -2.61. The molecule has 0 radical (unpaired) electrons. The molecule has 2 fully saturated rings. The predicted molar refractivity (Wildman–Crippen MR) is 94.3 cm³/mol. The van der Waals surface area contributed by atoms with E-state index in [-0.39, 0.29) is 12.1 Å². The highest BCUT2D eigenvalue weighted by Gasteiger charge is 2.34. The van der Waals surface area contributed by atoms with Crippen LogP contribution in [0.1, 0.15) is 71.1 Å². The first-order valence-electron chi connectivity index (χ1n) is 9.59. The zero-order chi connectivity index (χ0) is 17.6. The van der Waals surface area contributed by atoms with Crippen molar-refractivity contribution in [3.8, 4) is 0 Å². The zero-order valence-corrected chi connectivity index (χ0v) is 15.0. The van der Waals surface area contributed by atoms with E-state index in [1.54, 1.807) is 0 Å². The Labute approximate surface area is 145 Å². The molecular weight excluding hydrogens is 306 g/mol. The van der Waals surface area contributed by atoms with Gasteiger partial charge in [-0.2, -0.15) is 0 Å². The molecule has 2 saturated carbocycles. The van der Waals surface area contributed by atoms with Gasteiger partial charge in [0.05, 0.1) is 12.1 Å². The number of aliphatic hydroxyl groups excluding tert-OH is 2. The zero-order valence-electron chi connectivity index (χ0n) is 15.0. The molecule has 0 aromatic carbocycles. The van der Waals surface area contributed by atoms with E-state index in [1.807, 2.05) is 0 Å². The number of nitrogens with two attached hydrogens (primary N) is 1. The second-order valence-electron chi connectivity index (χ2n) is 8.01. The van der Waals surface area contributed by atoms with Crippen molar-refractivity contribution in [2.75, 3.05) is 6.61 Å². The maximum Gasteiger partial charge on any atom is 0.317 e. The summed E-state index contributed by atoms with van der Waals surface area (Å²) < 4.78 is 0. The summed E-state index contributed by atoms with van der Waals surface area (Å²) in [4.78, 5) is 12.4. The summed E-state index contributed by atoms with van der Waals surface area (Å²) in [6.45, 7) is 1.11. The summed E-state index contributed by atoms with van der Waals surface area (Å²) in [5, 5.41) is 24.9. The minimum atomic E-state index is -1.28. The van der Waals surface area contributed by atoms with Crippen molar-refractivity contribution in [3.63, 3.8) is 0 Å². The maximum atomic E-state index is 12.4. The standard InChI is InChI=1S/C18H35N3O3/c1-18(19,12-22)16(23)21-17(24)20-15(13-8-4-2-5-9-13)14-10-6-3-7-11-14/h13-16,22-23H,2-12,19H2,1H3,(H2,20,21,24). The smallest absolute Gasteiger partial charge is 0.317 e. The van der Waals surface area contributed by atoms with Gasteiger partial charge in [0, 0.05) is 6.04 Å². The SMILES string of the molecule is CC(N)(CO)C(O)NC(=O)NC(C1CCCCC1)C1CCCCC1. The molecular formula is C18H35N3O3. The number of urea groups is 1. The topological polar surface area (TPSA) is 108 Å². The first-order valence-corrected chi connectivity index (χ1v) is 9.59. The lowest BCUT2D eigenvalue weighted by Gasteiger charge is -2.39. The second kappa shape index (κ2) is 9.02. The highest BCUT2D eigenvalue weighted by molar-refractivity contribution is 5.74. The monoisotopic (exact) mass is 341 g/mol. The van der Waals surface area contributed by atoms with E-state index >= 15 is 0 Å². The Balaban J connectivity index is 1.97. The molecule has 0 heterocycles. The Morgan fingerprint density at radius 3 is 1.92 bits per heavy atom. The van der Waals surface area contributed by atoms with Crippen LogP contribution in [0.3, 0.4) is 0 Å². The quantitative estimate of drug-likeness (QED) is 0.475. The number of carbonyl (C=O) groups excluding carboxylic acids is 1. The van der Waals surface area contributed by atoms with Crippen LogP contribution in [0.5, 0.6) is 0 Å². The minimum Gasteiger partial charge on any atom is -0.394 e. The fourth-order valence-corrected chi connectivity index (χ4v) is 4.18. The molecule has 0 bridgehead atoms. The number of hydrogen-bond acceptors (Lipinski definition) is 4. The summed E-state index contributed by atoms with van der Waals surface area (Å²) in [5.41, 5.74) is 4.53. The number of amides is 2. The van der Waals surface area contributed by atoms with Crippen LogP contribution in [0.25, 0.3) is 0 Å². The van der Waals surface area contributed by atoms with E-state index in [0.717, 1.165) is 0 Å². The summed E-state index contributed by atoms with van der Waals surface area (Å²) >= 11 is 0. The predicted octanol–water partition coefficient (Wildman–Crippen LogP) is 1.84. The van der Waals surface area contributed by atoms with Crippen LogP contribution < -0.4 is 16.4 Å². The van der Waals surface area contributed by atoms with Gasteiger partial charge in [-0.15, -0.1) is 0 Å². The fourth-order valence-electron chi connectivity index (χ4n) is 4.18. The van der Waals surface area contributed by atoms with E-state index in [1.165, 1.54) is 71.1 Å². The van der Waals surface area contributed by atoms with Gasteiger partial charge in [0.25, 0.3) is 0 Å². The summed E-state index contributed by atoms with van der Waals surface area (Å²) in [5.74, 6) is 1.07. The van der Waals surface area contributed by atoms with Gasteiger partial charge in [-0.25, -0.2) is 4.79 Å². The van der Waals surface area contributed by atoms with Crippen LogP contribution in [0, 0.1) is 11.8 Å². The van der Waals surface area contributed by atoms with Gasteiger partial charge in [0.15, 0.2) is 0 Å². The van der Waals surface area contributed by atoms with Crippen molar-refractivity contribution in [1.82, 2.24) is 10.6 Å². The average molecular weight is 341 g/mol. The summed E-state index contributed by atoms with van der Waals surface area (Å²) in [6, 6.07) is -0.204. The van der Waals surface area contributed by atoms with Gasteiger partial charge >= 0.3 is 6.03 Å². The summed E-state index contributed by atoms with van der Waals surface area (Å²) in [7, 11) is 0. The first kappa shape index (κ1) is 19.5. The van der Waals surface area contributed by atoms with E-state index < -0.39 is 18.4 Å². The second-order valence-corrected chi connectivity index (χ2v) is 8.01. The van der Waals surface area contributed by atoms with Crippen LogP contribution >= 0.6 is 0 Å². The Hall–Kier alpha value is -0.850. The molecule has 24 heavy (non-hydrogen) atoms. The fraction of sp³-hybridized carbons (Fsp3) is 0.944. The van der Waals surface area contributed by atoms with Crippen LogP contribution in [-0.2, 0) is 0 Å². The van der Waals surface area contributed by atoms with Crippen molar-refractivity contribution < 1.29 is 15.0 Å². The van der Waals surface area contributed by atoms with Crippen molar-refractivity contribution in [1.29, 1.82) is 0 Å². The molecule has 2 unspecified atom stereocenters. The van der Waals surface area contributed by atoms with Crippen molar-refractivity contribution in [3.05, 3.63) is 0 Å². The lowest BCUT2D eigenvalue weighted by molar-refractivity contribution is 0.0358. The van der Waals surface area contributed by atoms with Gasteiger partial charge < -0.3 is 26.6 Å². The molecule has 0 aromatic rings. The van der Waals surface area contributed by atoms with Gasteiger partial charge in [0.2, 0.25) is 0 Å². The van der Waals surface area contributed by atoms with Crippen LogP contribution in [-0.4, -0.2) is 40.7 Å². The molecule has 0 spiro atoms. The third kappa shape index (κ3) is 5.33. The normalized spacial score (nSPS) is 24.4. The largest absolute Gasteiger partial charge is 0.394 e. The molecule has 2 aliphatic carbocycles. The molecule has 6 heteroatoms. The van der Waals surface area contributed by atoms with E-state index in [2.05, 4.69) is 10.6 Å². The van der Waals surface area contributed by atoms with Gasteiger partial charge in [0.1, 0.15) is 6.23 Å². The van der Waals surface area contributed by atoms with Gasteiger partial charge in [-0.3, -0.25) is 0 Å². The highest BCUT2D eigenvalue weighted by atomic mass is 16.3. The maximum absolute atomic E-state index is 12.4. The highest BCUT2D eigenvalue weighted by Crippen LogP contribution is 2.35. The Bertz CT molecular complexity index is 373. The molecule has 2 amide bonds. The van der Waals surface area contributed by atoms with Crippen molar-refractivity contribution >= 4 is 6.03 Å². The van der Waals surface area contributed by atoms with E-state index in [0.29, 0.717) is 11.8 Å². The van der Waals surface area contributed by atoms with Gasteiger partial charge in [-0.1, -0.05) is 38.5 Å². The van der Waals surface area contributed by atoms with Crippen molar-refractivity contribution in [2.24, 2.45) is 17.6 Å². The molecule has 2 atom stereocenters. The molecule has 6 N–H and O–H groups in total. The summed E-state index contributed by atoms with van der Waals surface area (Å²) in [6.07, 6.45) is 11.0. The molecule has 0 saturated heterocycles. The van der Waals surface area contributed by atoms with Crippen LogP contribution in [0.4, 0.5) is 4.79 Å². The van der Waals surface area contributed by atoms with Gasteiger partial charge in [-0.05, 0) is 44.4 Å². The number of carbonyl (C=O) groups is 1. The van der Waals surface area contributed by atoms with Crippen LogP contribution in [0.15, 0.2) is 0 Å². The first-order chi connectivity index (χ1) is 11.4. The Morgan fingerprint density at radius 1 is 1.04 bits per heavy atom. The molecule has 2 rings (SSSR count). The molecule has 0 aromatic heterocycles. The molecule has 2 aliphatic rings. The van der Waals surface area contributed by atoms with E-state index in [4.69, 9.17) is 5.73 Å². The Kier molecular flexibility index (Phi) is 7.32. The number of nitrogens with one attached hydrogen (secondary N) is 2. The third-order valence-electron chi connectivity index (χ3n) is 5.85. The molecule has 6 nitrogen and oxygen atoms in total. The third-order valence-corrected chi connectivity index (χ3v) is 5.85. The van der Waals surface area contributed by atoms with E-state index in [9.17, 15) is 15.0 Å². The number of hydrogen-bond donors (Lipinski definition) is 5. The molecule has 0 aliphatic heterocycles. The van der Waals surface area contributed by atoms with Crippen LogP contribution in [0.2, 0.25) is 0 Å². The minimum absolute atomic E-state index is 0.177. The Morgan fingerprint density at radius 2 is 1.50 bits per heavy atom. The number of aliphatic hydroxyl groups is 2. The average Bonchev–Trinajstić information content (AvgIpc) is 2.61. The number of rotatable bonds is 6. The lowest BCUT2D eigenvalue weighted by atomic mass is 9.74. The molecule has 140 valence electrons. The van der Waals surface area contributed by atoms with Crippen molar-refractivity contribution in [2.45, 2.75) is 88.9 Å².